The Labute approximate surface area is 149 Å². The summed E-state index contributed by atoms with van der Waals surface area (Å²) in [5.41, 5.74) is 1.94. The average molecular weight is 345 g/mol. The van der Waals surface area contributed by atoms with Crippen LogP contribution in [0.4, 0.5) is 0 Å². The lowest BCUT2D eigenvalue weighted by Crippen LogP contribution is -2.37. The molecule has 1 aliphatic carbocycles. The van der Waals surface area contributed by atoms with Crippen LogP contribution in [-0.4, -0.2) is 31.4 Å². The molecule has 0 unspecified atom stereocenters. The van der Waals surface area contributed by atoms with Gasteiger partial charge < -0.3 is 14.8 Å². The Bertz CT molecular complexity index is 624. The largest absolute Gasteiger partial charge is 0.490 e. The minimum atomic E-state index is -0.637. The van der Waals surface area contributed by atoms with E-state index in [9.17, 15) is 9.59 Å². The summed E-state index contributed by atoms with van der Waals surface area (Å²) in [4.78, 5) is 23.1. The molecule has 0 bridgehead atoms. The molecular weight excluding hydrogens is 318 g/mol. The Morgan fingerprint density at radius 2 is 2.16 bits per heavy atom. The summed E-state index contributed by atoms with van der Waals surface area (Å²) in [6, 6.07) is 4.92. The van der Waals surface area contributed by atoms with Gasteiger partial charge in [0.15, 0.2) is 17.6 Å². The first-order valence-corrected chi connectivity index (χ1v) is 8.98. The molecule has 0 fully saturated rings. The maximum Gasteiger partial charge on any atom is 0.260 e. The SMILES string of the molecule is CCOc1cc(C=O)ccc1O[C@@H](C)C(=O)NCCC1=CCCCC1. The molecule has 0 heterocycles. The van der Waals surface area contributed by atoms with Crippen molar-refractivity contribution in [1.29, 1.82) is 0 Å². The van der Waals surface area contributed by atoms with Gasteiger partial charge in [0.05, 0.1) is 6.61 Å². The van der Waals surface area contributed by atoms with E-state index >= 15 is 0 Å². The van der Waals surface area contributed by atoms with Crippen molar-refractivity contribution >= 4 is 12.2 Å². The number of benzene rings is 1. The number of nitrogens with one attached hydrogen (secondary N) is 1. The van der Waals surface area contributed by atoms with Gasteiger partial charge in [-0.3, -0.25) is 9.59 Å². The highest BCUT2D eigenvalue weighted by Crippen LogP contribution is 2.29. The van der Waals surface area contributed by atoms with Crippen LogP contribution in [0.2, 0.25) is 0 Å². The Kier molecular flexibility index (Phi) is 7.51. The molecule has 136 valence electrons. The molecule has 0 spiro atoms. The van der Waals surface area contributed by atoms with Crippen molar-refractivity contribution in [2.24, 2.45) is 0 Å². The molecule has 25 heavy (non-hydrogen) atoms. The molecule has 1 atom stereocenters. The maximum absolute atomic E-state index is 12.2. The minimum absolute atomic E-state index is 0.154. The second-order valence-electron chi connectivity index (χ2n) is 6.17. The fraction of sp³-hybridized carbons (Fsp3) is 0.500. The van der Waals surface area contributed by atoms with Crippen LogP contribution >= 0.6 is 0 Å². The monoisotopic (exact) mass is 345 g/mol. The van der Waals surface area contributed by atoms with E-state index < -0.39 is 6.10 Å². The third-order valence-electron chi connectivity index (χ3n) is 4.21. The standard InChI is InChI=1S/C20H27NO4/c1-3-24-19-13-17(14-22)9-10-18(19)25-15(2)20(23)21-12-11-16-7-5-4-6-8-16/h7,9-10,13-15H,3-6,8,11-12H2,1-2H3,(H,21,23)/t15-/m0/s1. The highest BCUT2D eigenvalue weighted by molar-refractivity contribution is 5.81. The van der Waals surface area contributed by atoms with Crippen molar-refractivity contribution in [3.8, 4) is 11.5 Å². The predicted molar refractivity (Wildman–Crippen MR) is 97.3 cm³/mol. The highest BCUT2D eigenvalue weighted by atomic mass is 16.5. The zero-order valence-corrected chi connectivity index (χ0v) is 15.0. The zero-order chi connectivity index (χ0) is 18.1. The third-order valence-corrected chi connectivity index (χ3v) is 4.21. The molecule has 1 aromatic rings. The van der Waals surface area contributed by atoms with Gasteiger partial charge in [-0.1, -0.05) is 11.6 Å². The van der Waals surface area contributed by atoms with Gasteiger partial charge in [0.1, 0.15) is 6.29 Å². The number of carbonyl (C=O) groups excluding carboxylic acids is 2. The van der Waals surface area contributed by atoms with Gasteiger partial charge in [-0.2, -0.15) is 0 Å². The molecule has 0 saturated heterocycles. The first-order chi connectivity index (χ1) is 12.1. The summed E-state index contributed by atoms with van der Waals surface area (Å²) in [5.74, 6) is 0.780. The number of hydrogen-bond donors (Lipinski definition) is 1. The topological polar surface area (TPSA) is 64.6 Å². The number of carbonyl (C=O) groups is 2. The average Bonchev–Trinajstić information content (AvgIpc) is 2.64. The van der Waals surface area contributed by atoms with Crippen LogP contribution in [-0.2, 0) is 4.79 Å². The number of allylic oxidation sites excluding steroid dienone is 1. The summed E-state index contributed by atoms with van der Waals surface area (Å²) in [5, 5.41) is 2.92. The lowest BCUT2D eigenvalue weighted by Gasteiger charge is -2.18. The van der Waals surface area contributed by atoms with Crippen LogP contribution in [0.3, 0.4) is 0 Å². The van der Waals surface area contributed by atoms with Gasteiger partial charge in [0.25, 0.3) is 5.91 Å². The Morgan fingerprint density at radius 3 is 2.84 bits per heavy atom. The highest BCUT2D eigenvalue weighted by Gasteiger charge is 2.17. The summed E-state index contributed by atoms with van der Waals surface area (Å²) < 4.78 is 11.2. The van der Waals surface area contributed by atoms with Gasteiger partial charge in [-0.15, -0.1) is 0 Å². The molecule has 5 nitrogen and oxygen atoms in total. The molecule has 1 amide bonds. The van der Waals surface area contributed by atoms with Crippen molar-refractivity contribution in [3.05, 3.63) is 35.4 Å². The van der Waals surface area contributed by atoms with Crippen molar-refractivity contribution in [3.63, 3.8) is 0 Å². The molecule has 0 aliphatic heterocycles. The smallest absolute Gasteiger partial charge is 0.260 e. The molecule has 5 heteroatoms. The Morgan fingerprint density at radius 1 is 1.32 bits per heavy atom. The van der Waals surface area contributed by atoms with E-state index in [1.807, 2.05) is 6.92 Å². The summed E-state index contributed by atoms with van der Waals surface area (Å²) in [7, 11) is 0. The summed E-state index contributed by atoms with van der Waals surface area (Å²) in [6.07, 6.45) is 8.11. The van der Waals surface area contributed by atoms with Crippen molar-refractivity contribution in [2.45, 2.75) is 52.1 Å². The van der Waals surface area contributed by atoms with Crippen LogP contribution in [0.5, 0.6) is 11.5 Å². The normalized spacial score (nSPS) is 15.0. The van der Waals surface area contributed by atoms with Crippen LogP contribution < -0.4 is 14.8 Å². The molecule has 0 saturated carbocycles. The van der Waals surface area contributed by atoms with E-state index in [1.54, 1.807) is 25.1 Å². The first kappa shape index (κ1) is 19.0. The van der Waals surface area contributed by atoms with E-state index in [2.05, 4.69) is 11.4 Å². The first-order valence-electron chi connectivity index (χ1n) is 8.98. The van der Waals surface area contributed by atoms with Gasteiger partial charge in [0, 0.05) is 12.1 Å². The summed E-state index contributed by atoms with van der Waals surface area (Å²) in [6.45, 7) is 4.64. The number of amides is 1. The maximum atomic E-state index is 12.2. The number of aldehydes is 1. The Balaban J connectivity index is 1.87. The van der Waals surface area contributed by atoms with Gasteiger partial charge in [-0.25, -0.2) is 0 Å². The fourth-order valence-electron chi connectivity index (χ4n) is 2.83. The van der Waals surface area contributed by atoms with Crippen LogP contribution in [0.1, 0.15) is 56.3 Å². The van der Waals surface area contributed by atoms with Gasteiger partial charge >= 0.3 is 0 Å². The number of rotatable bonds is 9. The second-order valence-corrected chi connectivity index (χ2v) is 6.17. The van der Waals surface area contributed by atoms with E-state index in [4.69, 9.17) is 9.47 Å². The third kappa shape index (κ3) is 5.93. The molecule has 1 aliphatic rings. The number of ether oxygens (including phenoxy) is 2. The predicted octanol–water partition coefficient (Wildman–Crippen LogP) is 3.67. The molecular formula is C20H27NO4. The van der Waals surface area contributed by atoms with Crippen LogP contribution in [0, 0.1) is 0 Å². The molecule has 0 radical (unpaired) electrons. The second kappa shape index (κ2) is 9.87. The molecule has 0 aromatic heterocycles. The molecule has 1 aromatic carbocycles. The quantitative estimate of drug-likeness (QED) is 0.548. The van der Waals surface area contributed by atoms with E-state index in [1.165, 1.54) is 18.4 Å². The zero-order valence-electron chi connectivity index (χ0n) is 15.0. The fourth-order valence-corrected chi connectivity index (χ4v) is 2.83. The summed E-state index contributed by atoms with van der Waals surface area (Å²) >= 11 is 0. The van der Waals surface area contributed by atoms with E-state index in [0.717, 1.165) is 25.5 Å². The van der Waals surface area contributed by atoms with Gasteiger partial charge in [-0.05, 0) is 64.2 Å². The van der Waals surface area contributed by atoms with Crippen molar-refractivity contribution in [1.82, 2.24) is 5.32 Å². The van der Waals surface area contributed by atoms with Crippen molar-refractivity contribution in [2.75, 3.05) is 13.2 Å². The van der Waals surface area contributed by atoms with Gasteiger partial charge in [0.2, 0.25) is 0 Å². The molecule has 1 N–H and O–H groups in total. The Hall–Kier alpha value is -2.30. The van der Waals surface area contributed by atoms with E-state index in [-0.39, 0.29) is 5.91 Å². The van der Waals surface area contributed by atoms with Crippen molar-refractivity contribution < 1.29 is 19.1 Å². The minimum Gasteiger partial charge on any atom is -0.490 e. The lowest BCUT2D eigenvalue weighted by atomic mass is 9.97. The molecule has 2 rings (SSSR count). The van der Waals surface area contributed by atoms with E-state index in [0.29, 0.717) is 30.2 Å². The van der Waals surface area contributed by atoms with Crippen LogP contribution in [0.25, 0.3) is 0 Å². The van der Waals surface area contributed by atoms with Crippen LogP contribution in [0.15, 0.2) is 29.8 Å². The lowest BCUT2D eigenvalue weighted by molar-refractivity contribution is -0.127. The number of hydrogen-bond acceptors (Lipinski definition) is 4.